The molecule has 8 heteroatoms. The Bertz CT molecular complexity index is 1170. The Morgan fingerprint density at radius 3 is 2.56 bits per heavy atom. The molecule has 2 aromatic heterocycles. The first-order valence-electron chi connectivity index (χ1n) is 10.3. The van der Waals surface area contributed by atoms with Gasteiger partial charge in [0.1, 0.15) is 0 Å². The van der Waals surface area contributed by atoms with Crippen LogP contribution in [0.3, 0.4) is 0 Å². The second kappa shape index (κ2) is 9.82. The zero-order valence-corrected chi connectivity index (χ0v) is 18.1. The van der Waals surface area contributed by atoms with Crippen molar-refractivity contribution in [3.8, 4) is 28.3 Å². The van der Waals surface area contributed by atoms with Crippen LogP contribution in [0.4, 0.5) is 0 Å². The molecule has 32 heavy (non-hydrogen) atoms. The third-order valence-electron chi connectivity index (χ3n) is 5.05. The number of ether oxygens (including phenoxy) is 2. The molecule has 4 aromatic rings. The van der Waals surface area contributed by atoms with Crippen molar-refractivity contribution in [1.29, 1.82) is 0 Å². The predicted octanol–water partition coefficient (Wildman–Crippen LogP) is 3.57. The van der Waals surface area contributed by atoms with Gasteiger partial charge in [-0.25, -0.2) is 4.68 Å². The summed E-state index contributed by atoms with van der Waals surface area (Å²) in [5.74, 6) is 0.976. The second-order valence-electron chi connectivity index (χ2n) is 7.12. The first-order chi connectivity index (χ1) is 15.7. The van der Waals surface area contributed by atoms with Gasteiger partial charge in [-0.2, -0.15) is 10.2 Å². The first kappa shape index (κ1) is 21.2. The number of hydrogen-bond donors (Lipinski definition) is 1. The lowest BCUT2D eigenvalue weighted by molar-refractivity contribution is 0.0948. The summed E-state index contributed by atoms with van der Waals surface area (Å²) in [5, 5.41) is 11.8. The van der Waals surface area contributed by atoms with Gasteiger partial charge in [0.15, 0.2) is 17.2 Å². The first-order valence-corrected chi connectivity index (χ1v) is 10.3. The molecule has 0 saturated carbocycles. The lowest BCUT2D eigenvalue weighted by atomic mass is 10.1. The highest BCUT2D eigenvalue weighted by Gasteiger charge is 2.20. The molecular weight excluding hydrogens is 406 g/mol. The quantitative estimate of drug-likeness (QED) is 0.410. The summed E-state index contributed by atoms with van der Waals surface area (Å²) in [6.07, 6.45) is 6.26. The third-order valence-corrected chi connectivity index (χ3v) is 5.05. The molecule has 0 atom stereocenters. The molecule has 0 spiro atoms. The highest BCUT2D eigenvalue weighted by molar-refractivity contribution is 5.99. The van der Waals surface area contributed by atoms with Crippen molar-refractivity contribution in [1.82, 2.24) is 24.9 Å². The Morgan fingerprint density at radius 1 is 1.03 bits per heavy atom. The third kappa shape index (κ3) is 4.64. The van der Waals surface area contributed by atoms with Crippen LogP contribution in [0, 0.1) is 0 Å². The Balaban J connectivity index is 1.61. The molecule has 0 saturated heterocycles. The van der Waals surface area contributed by atoms with Crippen LogP contribution in [0.2, 0.25) is 0 Å². The van der Waals surface area contributed by atoms with Crippen LogP contribution < -0.4 is 14.8 Å². The van der Waals surface area contributed by atoms with Crippen LogP contribution in [-0.4, -0.2) is 46.2 Å². The topological polar surface area (TPSA) is 83.2 Å². The highest BCUT2D eigenvalue weighted by Crippen LogP contribution is 2.34. The standard InChI is InChI=1S/C24H25N5O3/c1-31-21-11-10-18(16-22(21)32-2)20-17-29(19-8-4-3-5-9-19)27-23(20)24(30)25-12-6-14-28-15-7-13-26-28/h3-5,7-11,13,15-17H,6,12,14H2,1-2H3,(H,25,30). The number of amides is 1. The van der Waals surface area contributed by atoms with Gasteiger partial charge in [0, 0.05) is 37.2 Å². The number of rotatable bonds is 9. The minimum atomic E-state index is -0.232. The number of hydrogen-bond acceptors (Lipinski definition) is 5. The molecule has 1 N–H and O–H groups in total. The van der Waals surface area contributed by atoms with Gasteiger partial charge in [-0.1, -0.05) is 24.3 Å². The van der Waals surface area contributed by atoms with E-state index < -0.39 is 0 Å². The summed E-state index contributed by atoms with van der Waals surface area (Å²) in [5.41, 5.74) is 2.73. The van der Waals surface area contributed by atoms with Gasteiger partial charge >= 0.3 is 0 Å². The molecule has 4 rings (SSSR count). The normalized spacial score (nSPS) is 10.7. The molecule has 2 aromatic carbocycles. The number of aryl methyl sites for hydroxylation is 1. The highest BCUT2D eigenvalue weighted by atomic mass is 16.5. The molecule has 2 heterocycles. The number of methoxy groups -OCH3 is 2. The summed E-state index contributed by atoms with van der Waals surface area (Å²) >= 11 is 0. The van der Waals surface area contributed by atoms with Gasteiger partial charge in [-0.3, -0.25) is 9.48 Å². The molecule has 0 fully saturated rings. The van der Waals surface area contributed by atoms with Crippen molar-refractivity contribution in [3.05, 3.63) is 78.9 Å². The van der Waals surface area contributed by atoms with Gasteiger partial charge in [-0.15, -0.1) is 0 Å². The number of nitrogens with one attached hydrogen (secondary N) is 1. The van der Waals surface area contributed by atoms with Crippen molar-refractivity contribution in [2.75, 3.05) is 20.8 Å². The van der Waals surface area contributed by atoms with E-state index in [1.54, 1.807) is 25.1 Å². The average molecular weight is 431 g/mol. The minimum Gasteiger partial charge on any atom is -0.493 e. The van der Waals surface area contributed by atoms with Gasteiger partial charge in [0.05, 0.1) is 19.9 Å². The number of benzene rings is 2. The van der Waals surface area contributed by atoms with Crippen molar-refractivity contribution in [2.24, 2.45) is 0 Å². The number of nitrogens with zero attached hydrogens (tertiary/aromatic N) is 4. The van der Waals surface area contributed by atoms with Crippen molar-refractivity contribution < 1.29 is 14.3 Å². The van der Waals surface area contributed by atoms with E-state index in [0.29, 0.717) is 29.3 Å². The van der Waals surface area contributed by atoms with Gasteiger partial charge < -0.3 is 14.8 Å². The Hall–Kier alpha value is -4.07. The molecule has 0 aliphatic rings. The summed E-state index contributed by atoms with van der Waals surface area (Å²) in [7, 11) is 3.18. The van der Waals surface area contributed by atoms with E-state index in [1.165, 1.54) is 0 Å². The zero-order valence-electron chi connectivity index (χ0n) is 18.1. The number of aromatic nitrogens is 4. The molecule has 0 aliphatic carbocycles. The molecule has 0 aliphatic heterocycles. The monoisotopic (exact) mass is 431 g/mol. The van der Waals surface area contributed by atoms with Crippen molar-refractivity contribution >= 4 is 5.91 Å². The van der Waals surface area contributed by atoms with E-state index in [0.717, 1.165) is 24.2 Å². The maximum Gasteiger partial charge on any atom is 0.272 e. The van der Waals surface area contributed by atoms with E-state index >= 15 is 0 Å². The van der Waals surface area contributed by atoms with Gasteiger partial charge in [-0.05, 0) is 42.3 Å². The maximum atomic E-state index is 13.1. The van der Waals surface area contributed by atoms with E-state index in [-0.39, 0.29) is 5.91 Å². The summed E-state index contributed by atoms with van der Waals surface area (Å²) < 4.78 is 14.3. The molecule has 0 radical (unpaired) electrons. The number of carbonyl (C=O) groups excluding carboxylic acids is 1. The fourth-order valence-electron chi connectivity index (χ4n) is 3.43. The fourth-order valence-corrected chi connectivity index (χ4v) is 3.43. The Morgan fingerprint density at radius 2 is 1.84 bits per heavy atom. The zero-order chi connectivity index (χ0) is 22.3. The van der Waals surface area contributed by atoms with E-state index in [9.17, 15) is 4.79 Å². The van der Waals surface area contributed by atoms with Crippen LogP contribution in [0.25, 0.3) is 16.8 Å². The van der Waals surface area contributed by atoms with Crippen LogP contribution in [-0.2, 0) is 6.54 Å². The number of carbonyl (C=O) groups is 1. The Kier molecular flexibility index (Phi) is 6.50. The van der Waals surface area contributed by atoms with E-state index in [1.807, 2.05) is 71.7 Å². The molecule has 8 nitrogen and oxygen atoms in total. The Labute approximate surface area is 186 Å². The van der Waals surface area contributed by atoms with Gasteiger partial charge in [0.25, 0.3) is 5.91 Å². The van der Waals surface area contributed by atoms with Crippen molar-refractivity contribution in [2.45, 2.75) is 13.0 Å². The van der Waals surface area contributed by atoms with Crippen molar-refractivity contribution in [3.63, 3.8) is 0 Å². The summed E-state index contributed by atoms with van der Waals surface area (Å²) in [6.45, 7) is 1.25. The largest absolute Gasteiger partial charge is 0.493 e. The van der Waals surface area contributed by atoms with Crippen LogP contribution >= 0.6 is 0 Å². The molecule has 164 valence electrons. The maximum absolute atomic E-state index is 13.1. The van der Waals surface area contributed by atoms with E-state index in [4.69, 9.17) is 9.47 Å². The lowest BCUT2D eigenvalue weighted by Crippen LogP contribution is -2.26. The second-order valence-corrected chi connectivity index (χ2v) is 7.12. The molecular formula is C24H25N5O3. The molecule has 0 unspecified atom stereocenters. The summed E-state index contributed by atoms with van der Waals surface area (Å²) in [4.78, 5) is 13.1. The molecule has 1 amide bonds. The smallest absolute Gasteiger partial charge is 0.272 e. The van der Waals surface area contributed by atoms with Crippen LogP contribution in [0.5, 0.6) is 11.5 Å². The lowest BCUT2D eigenvalue weighted by Gasteiger charge is -2.10. The average Bonchev–Trinajstić information content (AvgIpc) is 3.52. The SMILES string of the molecule is COc1ccc(-c2cn(-c3ccccc3)nc2C(=O)NCCCn2cccn2)cc1OC. The summed E-state index contributed by atoms with van der Waals surface area (Å²) in [6, 6.07) is 17.1. The predicted molar refractivity (Wildman–Crippen MR) is 121 cm³/mol. The number of para-hydroxylation sites is 1. The van der Waals surface area contributed by atoms with Gasteiger partial charge in [0.2, 0.25) is 0 Å². The fraction of sp³-hybridized carbons (Fsp3) is 0.208. The van der Waals surface area contributed by atoms with Crippen LogP contribution in [0.15, 0.2) is 73.2 Å². The van der Waals surface area contributed by atoms with Crippen LogP contribution in [0.1, 0.15) is 16.9 Å². The minimum absolute atomic E-state index is 0.232. The molecule has 0 bridgehead atoms. The van der Waals surface area contributed by atoms with E-state index in [2.05, 4.69) is 15.5 Å².